The SMILES string of the molecule is CCN1CCN(CCCCc2cccc(N)c2)CC1. The van der Waals surface area contributed by atoms with E-state index in [-0.39, 0.29) is 0 Å². The molecule has 19 heavy (non-hydrogen) atoms. The van der Waals surface area contributed by atoms with E-state index in [1.165, 1.54) is 57.7 Å². The maximum Gasteiger partial charge on any atom is 0.0316 e. The number of nitrogen functional groups attached to an aromatic ring is 1. The molecule has 3 nitrogen and oxygen atoms in total. The lowest BCUT2D eigenvalue weighted by molar-refractivity contribution is 0.136. The topological polar surface area (TPSA) is 32.5 Å². The number of likely N-dealkylation sites (N-methyl/N-ethyl adjacent to an activating group) is 1. The molecule has 3 heteroatoms. The van der Waals surface area contributed by atoms with Gasteiger partial charge in [-0.05, 0) is 50.0 Å². The summed E-state index contributed by atoms with van der Waals surface area (Å²) in [5.41, 5.74) is 8.05. The molecule has 1 saturated heterocycles. The maximum absolute atomic E-state index is 5.79. The van der Waals surface area contributed by atoms with Crippen LogP contribution in [-0.4, -0.2) is 49.1 Å². The molecule has 0 atom stereocenters. The first-order chi connectivity index (χ1) is 9.28. The summed E-state index contributed by atoms with van der Waals surface area (Å²) < 4.78 is 0. The van der Waals surface area contributed by atoms with Crippen molar-refractivity contribution in [3.05, 3.63) is 29.8 Å². The lowest BCUT2D eigenvalue weighted by Gasteiger charge is -2.33. The summed E-state index contributed by atoms with van der Waals surface area (Å²) in [5, 5.41) is 0. The standard InChI is InChI=1S/C16H27N3/c1-2-18-10-12-19(13-11-18)9-4-3-6-15-7-5-8-16(17)14-15/h5,7-8,14H,2-4,6,9-13,17H2,1H3. The van der Waals surface area contributed by atoms with Crippen LogP contribution >= 0.6 is 0 Å². The molecule has 106 valence electrons. The number of rotatable bonds is 6. The quantitative estimate of drug-likeness (QED) is 0.629. The molecule has 2 N–H and O–H groups in total. The predicted molar refractivity (Wildman–Crippen MR) is 82.3 cm³/mol. The number of benzene rings is 1. The van der Waals surface area contributed by atoms with E-state index < -0.39 is 0 Å². The third-order valence-electron chi connectivity index (χ3n) is 4.05. The normalized spacial score (nSPS) is 17.7. The van der Waals surface area contributed by atoms with Gasteiger partial charge in [-0.1, -0.05) is 19.1 Å². The Kier molecular flexibility index (Phi) is 5.67. The molecule has 0 unspecified atom stereocenters. The molecule has 1 heterocycles. The molecule has 1 aliphatic heterocycles. The van der Waals surface area contributed by atoms with Crippen LogP contribution in [0.2, 0.25) is 0 Å². The molecule has 0 aliphatic carbocycles. The molecule has 0 bridgehead atoms. The molecular weight excluding hydrogens is 234 g/mol. The minimum Gasteiger partial charge on any atom is -0.399 e. The van der Waals surface area contributed by atoms with Gasteiger partial charge in [0.2, 0.25) is 0 Å². The Labute approximate surface area is 117 Å². The number of nitrogens with zero attached hydrogens (tertiary/aromatic N) is 2. The third kappa shape index (κ3) is 4.84. The second-order valence-corrected chi connectivity index (χ2v) is 5.48. The first-order valence-corrected chi connectivity index (χ1v) is 7.57. The van der Waals surface area contributed by atoms with Crippen LogP contribution in [0.1, 0.15) is 25.3 Å². The van der Waals surface area contributed by atoms with Gasteiger partial charge in [0.15, 0.2) is 0 Å². The van der Waals surface area contributed by atoms with Crippen molar-refractivity contribution < 1.29 is 0 Å². The van der Waals surface area contributed by atoms with Crippen molar-refractivity contribution in [1.82, 2.24) is 9.80 Å². The minimum atomic E-state index is 0.883. The molecular formula is C16H27N3. The highest BCUT2D eigenvalue weighted by Crippen LogP contribution is 2.10. The van der Waals surface area contributed by atoms with Crippen molar-refractivity contribution in [2.45, 2.75) is 26.2 Å². The Morgan fingerprint density at radius 2 is 1.79 bits per heavy atom. The summed E-state index contributed by atoms with van der Waals surface area (Å²) in [7, 11) is 0. The Morgan fingerprint density at radius 1 is 1.05 bits per heavy atom. The Hall–Kier alpha value is -1.06. The molecule has 0 amide bonds. The zero-order valence-corrected chi connectivity index (χ0v) is 12.1. The van der Waals surface area contributed by atoms with Crippen molar-refractivity contribution in [3.63, 3.8) is 0 Å². The van der Waals surface area contributed by atoms with Crippen LogP contribution in [0.15, 0.2) is 24.3 Å². The van der Waals surface area contributed by atoms with Gasteiger partial charge in [-0.15, -0.1) is 0 Å². The van der Waals surface area contributed by atoms with Gasteiger partial charge >= 0.3 is 0 Å². The first-order valence-electron chi connectivity index (χ1n) is 7.57. The van der Waals surface area contributed by atoms with Crippen LogP contribution in [0, 0.1) is 0 Å². The molecule has 1 aromatic carbocycles. The molecule has 2 rings (SSSR count). The zero-order chi connectivity index (χ0) is 13.5. The fourth-order valence-corrected chi connectivity index (χ4v) is 2.74. The second kappa shape index (κ2) is 7.51. The van der Waals surface area contributed by atoms with Crippen molar-refractivity contribution >= 4 is 5.69 Å². The van der Waals surface area contributed by atoms with Crippen molar-refractivity contribution in [3.8, 4) is 0 Å². The lowest BCUT2D eigenvalue weighted by atomic mass is 10.1. The van der Waals surface area contributed by atoms with Crippen LogP contribution in [0.4, 0.5) is 5.69 Å². The van der Waals surface area contributed by atoms with Gasteiger partial charge < -0.3 is 15.5 Å². The Balaban J connectivity index is 1.60. The molecule has 0 saturated carbocycles. The monoisotopic (exact) mass is 261 g/mol. The Morgan fingerprint density at radius 3 is 2.47 bits per heavy atom. The third-order valence-corrected chi connectivity index (χ3v) is 4.05. The van der Waals surface area contributed by atoms with Gasteiger partial charge in [-0.25, -0.2) is 0 Å². The van der Waals surface area contributed by atoms with Crippen LogP contribution in [0.3, 0.4) is 0 Å². The van der Waals surface area contributed by atoms with Gasteiger partial charge in [-0.3, -0.25) is 0 Å². The highest BCUT2D eigenvalue weighted by atomic mass is 15.3. The van der Waals surface area contributed by atoms with Crippen LogP contribution in [-0.2, 0) is 6.42 Å². The molecule has 1 aromatic rings. The van der Waals surface area contributed by atoms with E-state index in [9.17, 15) is 0 Å². The van der Waals surface area contributed by atoms with Gasteiger partial charge in [-0.2, -0.15) is 0 Å². The van der Waals surface area contributed by atoms with E-state index in [0.717, 1.165) is 12.1 Å². The summed E-state index contributed by atoms with van der Waals surface area (Å²) in [6.45, 7) is 9.67. The summed E-state index contributed by atoms with van der Waals surface area (Å²) in [6.07, 6.45) is 3.71. The van der Waals surface area contributed by atoms with Crippen LogP contribution in [0.5, 0.6) is 0 Å². The first kappa shape index (κ1) is 14.4. The van der Waals surface area contributed by atoms with E-state index >= 15 is 0 Å². The average Bonchev–Trinajstić information content (AvgIpc) is 2.44. The molecule has 0 radical (unpaired) electrons. The second-order valence-electron chi connectivity index (χ2n) is 5.48. The maximum atomic E-state index is 5.79. The number of anilines is 1. The van der Waals surface area contributed by atoms with E-state index in [4.69, 9.17) is 5.73 Å². The number of hydrogen-bond acceptors (Lipinski definition) is 3. The number of aryl methyl sites for hydroxylation is 1. The lowest BCUT2D eigenvalue weighted by Crippen LogP contribution is -2.46. The largest absolute Gasteiger partial charge is 0.399 e. The van der Waals surface area contributed by atoms with Gasteiger partial charge in [0.25, 0.3) is 0 Å². The average molecular weight is 261 g/mol. The number of hydrogen-bond donors (Lipinski definition) is 1. The smallest absolute Gasteiger partial charge is 0.0316 e. The molecule has 0 spiro atoms. The van der Waals surface area contributed by atoms with Gasteiger partial charge in [0.05, 0.1) is 0 Å². The fourth-order valence-electron chi connectivity index (χ4n) is 2.74. The Bertz CT molecular complexity index is 370. The fraction of sp³-hybridized carbons (Fsp3) is 0.625. The van der Waals surface area contributed by atoms with Crippen LogP contribution in [0.25, 0.3) is 0 Å². The van der Waals surface area contributed by atoms with E-state index in [1.807, 2.05) is 6.07 Å². The zero-order valence-electron chi connectivity index (χ0n) is 12.1. The van der Waals surface area contributed by atoms with Crippen LogP contribution < -0.4 is 5.73 Å². The van der Waals surface area contributed by atoms with E-state index in [1.54, 1.807) is 0 Å². The summed E-state index contributed by atoms with van der Waals surface area (Å²) in [5.74, 6) is 0. The van der Waals surface area contributed by atoms with E-state index in [0.29, 0.717) is 0 Å². The number of piperazine rings is 1. The van der Waals surface area contributed by atoms with Gasteiger partial charge in [0.1, 0.15) is 0 Å². The van der Waals surface area contributed by atoms with E-state index in [2.05, 4.69) is 34.9 Å². The molecule has 1 fully saturated rings. The summed E-state index contributed by atoms with van der Waals surface area (Å²) in [4.78, 5) is 5.13. The van der Waals surface area contributed by atoms with Crippen molar-refractivity contribution in [2.75, 3.05) is 45.0 Å². The van der Waals surface area contributed by atoms with Gasteiger partial charge in [0, 0.05) is 31.9 Å². The summed E-state index contributed by atoms with van der Waals surface area (Å²) in [6, 6.07) is 8.28. The number of unbranched alkanes of at least 4 members (excludes halogenated alkanes) is 1. The highest BCUT2D eigenvalue weighted by molar-refractivity contribution is 5.40. The summed E-state index contributed by atoms with van der Waals surface area (Å²) >= 11 is 0. The van der Waals surface area contributed by atoms with Crippen molar-refractivity contribution in [1.29, 1.82) is 0 Å². The minimum absolute atomic E-state index is 0.883. The molecule has 1 aliphatic rings. The predicted octanol–water partition coefficient (Wildman–Crippen LogP) is 2.23. The molecule has 0 aromatic heterocycles. The van der Waals surface area contributed by atoms with Crippen molar-refractivity contribution in [2.24, 2.45) is 0 Å². The highest BCUT2D eigenvalue weighted by Gasteiger charge is 2.14. The number of nitrogens with two attached hydrogens (primary N) is 1.